The monoisotopic (exact) mass is 277 g/mol. The average molecular weight is 278 g/mol. The minimum absolute atomic E-state index is 0.102. The molecule has 0 bridgehead atoms. The van der Waals surface area contributed by atoms with Crippen LogP contribution in [-0.4, -0.2) is 30.5 Å². The van der Waals surface area contributed by atoms with E-state index >= 15 is 0 Å². The topological polar surface area (TPSA) is 29.5 Å². The molecule has 3 nitrogen and oxygen atoms in total. The molecule has 0 aromatic heterocycles. The quantitative estimate of drug-likeness (QED) is 0.789. The summed E-state index contributed by atoms with van der Waals surface area (Å²) >= 11 is 5.97. The van der Waals surface area contributed by atoms with Gasteiger partial charge in [-0.25, -0.2) is 0 Å². The smallest absolute Gasteiger partial charge is 0.253 e. The Labute approximate surface area is 117 Å². The van der Waals surface area contributed by atoms with E-state index in [1.165, 1.54) is 6.42 Å². The first-order valence-electron chi connectivity index (χ1n) is 6.66. The van der Waals surface area contributed by atoms with Gasteiger partial charge in [0.25, 0.3) is 5.91 Å². The zero-order valence-corrected chi connectivity index (χ0v) is 11.4. The van der Waals surface area contributed by atoms with Crippen molar-refractivity contribution in [3.05, 3.63) is 34.4 Å². The number of hydrogen-bond acceptors (Lipinski definition) is 2. The first-order valence-corrected chi connectivity index (χ1v) is 7.04. The first-order chi connectivity index (χ1) is 9.24. The number of rotatable bonds is 1. The Morgan fingerprint density at radius 2 is 2.00 bits per heavy atom. The van der Waals surface area contributed by atoms with Crippen LogP contribution in [0.5, 0.6) is 5.75 Å². The molecule has 1 aromatic rings. The molecule has 0 radical (unpaired) electrons. The number of nitrogens with zero attached hydrogens (tertiary/aromatic N) is 1. The Morgan fingerprint density at radius 3 is 2.79 bits per heavy atom. The van der Waals surface area contributed by atoms with Gasteiger partial charge in [0.05, 0.1) is 5.57 Å². The molecular formula is C15H16ClNO2. The van der Waals surface area contributed by atoms with Gasteiger partial charge in [0, 0.05) is 23.7 Å². The Balaban J connectivity index is 1.83. The predicted octanol–water partition coefficient (Wildman–Crippen LogP) is 3.13. The largest absolute Gasteiger partial charge is 0.488 e. The molecule has 4 heteroatoms. The molecule has 0 N–H and O–H groups in total. The molecule has 1 aromatic carbocycles. The molecule has 2 aliphatic rings. The zero-order chi connectivity index (χ0) is 13.2. The van der Waals surface area contributed by atoms with E-state index in [0.717, 1.165) is 42.8 Å². The van der Waals surface area contributed by atoms with Crippen molar-refractivity contribution in [3.63, 3.8) is 0 Å². The van der Waals surface area contributed by atoms with Crippen LogP contribution in [0.3, 0.4) is 0 Å². The Bertz CT molecular complexity index is 533. The molecule has 1 saturated heterocycles. The van der Waals surface area contributed by atoms with Crippen LogP contribution >= 0.6 is 11.6 Å². The lowest BCUT2D eigenvalue weighted by Gasteiger charge is -2.28. The normalized spacial score (nSPS) is 18.4. The van der Waals surface area contributed by atoms with Crippen molar-refractivity contribution in [3.8, 4) is 5.75 Å². The summed E-state index contributed by atoms with van der Waals surface area (Å²) in [7, 11) is 0. The second kappa shape index (κ2) is 5.25. The highest BCUT2D eigenvalue weighted by molar-refractivity contribution is 6.30. The van der Waals surface area contributed by atoms with E-state index in [0.29, 0.717) is 11.6 Å². The maximum absolute atomic E-state index is 12.4. The fourth-order valence-corrected chi connectivity index (χ4v) is 2.75. The van der Waals surface area contributed by atoms with Crippen molar-refractivity contribution in [1.82, 2.24) is 4.90 Å². The van der Waals surface area contributed by atoms with Crippen molar-refractivity contribution in [2.45, 2.75) is 19.3 Å². The summed E-state index contributed by atoms with van der Waals surface area (Å²) in [5.41, 5.74) is 1.61. The number of carbonyl (C=O) groups excluding carboxylic acids is 1. The van der Waals surface area contributed by atoms with Crippen LogP contribution in [0, 0.1) is 0 Å². The lowest BCUT2D eigenvalue weighted by atomic mass is 10.0. The van der Waals surface area contributed by atoms with Crippen LogP contribution in [0.4, 0.5) is 0 Å². The van der Waals surface area contributed by atoms with Crippen LogP contribution in [0.25, 0.3) is 6.08 Å². The fraction of sp³-hybridized carbons (Fsp3) is 0.400. The molecule has 2 aliphatic heterocycles. The van der Waals surface area contributed by atoms with Crippen LogP contribution in [0.1, 0.15) is 24.8 Å². The van der Waals surface area contributed by atoms with Crippen LogP contribution < -0.4 is 4.74 Å². The van der Waals surface area contributed by atoms with Gasteiger partial charge in [-0.2, -0.15) is 0 Å². The third-order valence-corrected chi connectivity index (χ3v) is 3.84. The van der Waals surface area contributed by atoms with Gasteiger partial charge in [-0.05, 0) is 43.5 Å². The number of benzene rings is 1. The summed E-state index contributed by atoms with van der Waals surface area (Å²) in [6.45, 7) is 2.07. The minimum Gasteiger partial charge on any atom is -0.488 e. The van der Waals surface area contributed by atoms with Crippen molar-refractivity contribution in [2.24, 2.45) is 0 Å². The third kappa shape index (κ3) is 2.61. The van der Waals surface area contributed by atoms with Gasteiger partial charge in [-0.3, -0.25) is 4.79 Å². The molecular weight excluding hydrogens is 262 g/mol. The Morgan fingerprint density at radius 1 is 1.21 bits per heavy atom. The van der Waals surface area contributed by atoms with Gasteiger partial charge >= 0.3 is 0 Å². The number of hydrogen-bond donors (Lipinski definition) is 0. The standard InChI is InChI=1S/C15H16ClNO2/c16-13-4-5-14-11(9-13)8-12(10-19-14)15(18)17-6-2-1-3-7-17/h4-5,8-9H,1-3,6-7,10H2. The van der Waals surface area contributed by atoms with Crippen molar-refractivity contribution in [2.75, 3.05) is 19.7 Å². The number of likely N-dealkylation sites (tertiary alicyclic amines) is 1. The molecule has 0 spiro atoms. The number of fused-ring (bicyclic) bond motifs is 1. The zero-order valence-electron chi connectivity index (χ0n) is 10.7. The Kier molecular flexibility index (Phi) is 3.47. The molecule has 0 atom stereocenters. The second-order valence-corrected chi connectivity index (χ2v) is 5.43. The molecule has 0 saturated carbocycles. The van der Waals surface area contributed by atoms with E-state index in [1.807, 2.05) is 23.1 Å². The highest BCUT2D eigenvalue weighted by atomic mass is 35.5. The lowest BCUT2D eigenvalue weighted by Crippen LogP contribution is -2.38. The fourth-order valence-electron chi connectivity index (χ4n) is 2.57. The molecule has 3 rings (SSSR count). The number of carbonyl (C=O) groups is 1. The molecule has 19 heavy (non-hydrogen) atoms. The summed E-state index contributed by atoms with van der Waals surface area (Å²) in [6.07, 6.45) is 5.32. The van der Waals surface area contributed by atoms with Crippen LogP contribution in [-0.2, 0) is 4.79 Å². The summed E-state index contributed by atoms with van der Waals surface area (Å²) in [5.74, 6) is 0.893. The maximum Gasteiger partial charge on any atom is 0.253 e. The molecule has 100 valence electrons. The number of halogens is 1. The predicted molar refractivity (Wildman–Crippen MR) is 75.4 cm³/mol. The Hall–Kier alpha value is -1.48. The number of piperidine rings is 1. The van der Waals surface area contributed by atoms with Gasteiger partial charge in [0.15, 0.2) is 0 Å². The van der Waals surface area contributed by atoms with E-state index in [2.05, 4.69) is 0 Å². The van der Waals surface area contributed by atoms with Gasteiger partial charge in [-0.15, -0.1) is 0 Å². The number of amides is 1. The van der Waals surface area contributed by atoms with E-state index in [-0.39, 0.29) is 5.91 Å². The van der Waals surface area contributed by atoms with E-state index < -0.39 is 0 Å². The molecule has 0 unspecified atom stereocenters. The van der Waals surface area contributed by atoms with Gasteiger partial charge in [0.2, 0.25) is 0 Å². The highest BCUT2D eigenvalue weighted by Crippen LogP contribution is 2.29. The van der Waals surface area contributed by atoms with Crippen molar-refractivity contribution in [1.29, 1.82) is 0 Å². The molecule has 1 amide bonds. The average Bonchev–Trinajstić information content (AvgIpc) is 2.46. The molecule has 0 aliphatic carbocycles. The van der Waals surface area contributed by atoms with Gasteiger partial charge in [-0.1, -0.05) is 11.6 Å². The van der Waals surface area contributed by atoms with Crippen molar-refractivity contribution < 1.29 is 9.53 Å². The molecule has 2 heterocycles. The van der Waals surface area contributed by atoms with E-state index in [1.54, 1.807) is 6.07 Å². The van der Waals surface area contributed by atoms with Crippen molar-refractivity contribution >= 4 is 23.6 Å². The summed E-state index contributed by atoms with van der Waals surface area (Å²) in [4.78, 5) is 14.3. The lowest BCUT2D eigenvalue weighted by molar-refractivity contribution is -0.128. The summed E-state index contributed by atoms with van der Waals surface area (Å²) < 4.78 is 5.63. The van der Waals surface area contributed by atoms with E-state index in [9.17, 15) is 4.79 Å². The number of ether oxygens (including phenoxy) is 1. The highest BCUT2D eigenvalue weighted by Gasteiger charge is 2.23. The van der Waals surface area contributed by atoms with Crippen LogP contribution in [0.2, 0.25) is 5.02 Å². The van der Waals surface area contributed by atoms with E-state index in [4.69, 9.17) is 16.3 Å². The van der Waals surface area contributed by atoms with Gasteiger partial charge in [0.1, 0.15) is 12.4 Å². The third-order valence-electron chi connectivity index (χ3n) is 3.60. The maximum atomic E-state index is 12.4. The summed E-state index contributed by atoms with van der Waals surface area (Å²) in [5, 5.41) is 0.658. The molecule has 1 fully saturated rings. The SMILES string of the molecule is O=C(C1=Cc2cc(Cl)ccc2OC1)N1CCCCC1. The second-order valence-electron chi connectivity index (χ2n) is 4.99. The minimum atomic E-state index is 0.102. The first kappa shape index (κ1) is 12.5. The van der Waals surface area contributed by atoms with Gasteiger partial charge < -0.3 is 9.64 Å². The summed E-state index contributed by atoms with van der Waals surface area (Å²) in [6, 6.07) is 5.47. The van der Waals surface area contributed by atoms with Crippen LogP contribution in [0.15, 0.2) is 23.8 Å².